The number of benzene rings is 1. The van der Waals surface area contributed by atoms with Gasteiger partial charge in [0.1, 0.15) is 0 Å². The van der Waals surface area contributed by atoms with Crippen LogP contribution in [0.15, 0.2) is 24.3 Å². The molecular formula is C24H35N3O2. The van der Waals surface area contributed by atoms with Crippen LogP contribution in [-0.4, -0.2) is 71.8 Å². The van der Waals surface area contributed by atoms with Gasteiger partial charge in [0.15, 0.2) is 0 Å². The molecule has 158 valence electrons. The van der Waals surface area contributed by atoms with Gasteiger partial charge in [0.2, 0.25) is 5.91 Å². The maximum Gasteiger partial charge on any atom is 0.253 e. The maximum atomic E-state index is 13.2. The zero-order valence-corrected chi connectivity index (χ0v) is 17.8. The number of rotatable bonds is 6. The van der Waals surface area contributed by atoms with Crippen LogP contribution in [0.25, 0.3) is 0 Å². The van der Waals surface area contributed by atoms with E-state index in [1.165, 1.54) is 19.3 Å². The smallest absolute Gasteiger partial charge is 0.253 e. The fourth-order valence-corrected chi connectivity index (χ4v) is 4.97. The molecule has 5 nitrogen and oxygen atoms in total. The average molecular weight is 398 g/mol. The second-order valence-electron chi connectivity index (χ2n) is 9.12. The summed E-state index contributed by atoms with van der Waals surface area (Å²) in [6.07, 6.45) is 7.79. The Balaban J connectivity index is 1.44. The van der Waals surface area contributed by atoms with E-state index in [0.29, 0.717) is 12.5 Å². The number of carbonyl (C=O) groups is 2. The molecule has 3 aliphatic rings. The van der Waals surface area contributed by atoms with Gasteiger partial charge in [-0.2, -0.15) is 0 Å². The molecule has 2 saturated heterocycles. The summed E-state index contributed by atoms with van der Waals surface area (Å²) in [5.41, 5.74) is 1.87. The highest BCUT2D eigenvalue weighted by Gasteiger charge is 2.36. The Labute approximate surface area is 175 Å². The van der Waals surface area contributed by atoms with E-state index in [2.05, 4.69) is 9.80 Å². The Morgan fingerprint density at radius 1 is 1.03 bits per heavy atom. The van der Waals surface area contributed by atoms with Crippen molar-refractivity contribution in [2.75, 3.05) is 39.3 Å². The van der Waals surface area contributed by atoms with Crippen LogP contribution in [0.4, 0.5) is 0 Å². The van der Waals surface area contributed by atoms with Gasteiger partial charge in [0, 0.05) is 43.7 Å². The molecule has 0 radical (unpaired) electrons. The van der Waals surface area contributed by atoms with E-state index in [4.69, 9.17) is 0 Å². The molecule has 0 bridgehead atoms. The van der Waals surface area contributed by atoms with E-state index in [-0.39, 0.29) is 17.9 Å². The molecule has 4 rings (SSSR count). The van der Waals surface area contributed by atoms with Gasteiger partial charge in [-0.05, 0) is 70.7 Å². The number of nitrogens with zero attached hydrogens (tertiary/aromatic N) is 3. The highest BCUT2D eigenvalue weighted by molar-refractivity contribution is 5.94. The molecule has 3 fully saturated rings. The fraction of sp³-hybridized carbons (Fsp3) is 0.667. The van der Waals surface area contributed by atoms with Crippen molar-refractivity contribution in [3.63, 3.8) is 0 Å². The van der Waals surface area contributed by atoms with Crippen LogP contribution in [0, 0.1) is 12.8 Å². The monoisotopic (exact) mass is 397 g/mol. The zero-order valence-electron chi connectivity index (χ0n) is 17.8. The quantitative estimate of drug-likeness (QED) is 0.740. The highest BCUT2D eigenvalue weighted by Crippen LogP contribution is 2.30. The van der Waals surface area contributed by atoms with Crippen molar-refractivity contribution in [3.8, 4) is 0 Å². The predicted octanol–water partition coefficient (Wildman–Crippen LogP) is 3.32. The Morgan fingerprint density at radius 2 is 1.83 bits per heavy atom. The summed E-state index contributed by atoms with van der Waals surface area (Å²) in [6, 6.07) is 8.01. The van der Waals surface area contributed by atoms with E-state index >= 15 is 0 Å². The van der Waals surface area contributed by atoms with E-state index in [0.717, 1.165) is 69.5 Å². The van der Waals surface area contributed by atoms with Gasteiger partial charge < -0.3 is 14.7 Å². The molecule has 1 atom stereocenters. The lowest BCUT2D eigenvalue weighted by Gasteiger charge is -2.42. The summed E-state index contributed by atoms with van der Waals surface area (Å²) in [5.74, 6) is 0.663. The van der Waals surface area contributed by atoms with Crippen molar-refractivity contribution >= 4 is 11.8 Å². The minimum Gasteiger partial charge on any atom is -0.337 e. The normalized spacial score (nSPS) is 23.1. The first-order chi connectivity index (χ1) is 14.1. The molecule has 2 heterocycles. The number of hydrogen-bond acceptors (Lipinski definition) is 3. The fourth-order valence-electron chi connectivity index (χ4n) is 4.97. The molecule has 1 saturated carbocycles. The Hall–Kier alpha value is -1.88. The van der Waals surface area contributed by atoms with E-state index in [9.17, 15) is 9.59 Å². The van der Waals surface area contributed by atoms with E-state index in [1.54, 1.807) is 0 Å². The first-order valence-corrected chi connectivity index (χ1v) is 11.5. The van der Waals surface area contributed by atoms with Gasteiger partial charge >= 0.3 is 0 Å². The highest BCUT2D eigenvalue weighted by atomic mass is 16.2. The number of amides is 2. The second kappa shape index (κ2) is 9.29. The lowest BCUT2D eigenvalue weighted by atomic mass is 9.83. The second-order valence-corrected chi connectivity index (χ2v) is 9.12. The van der Waals surface area contributed by atoms with Gasteiger partial charge in [0.05, 0.1) is 0 Å². The van der Waals surface area contributed by atoms with Crippen LogP contribution in [0.1, 0.15) is 60.9 Å². The van der Waals surface area contributed by atoms with Crippen molar-refractivity contribution in [2.24, 2.45) is 5.92 Å². The number of aryl methyl sites for hydroxylation is 1. The Bertz CT molecular complexity index is 725. The topological polar surface area (TPSA) is 43.9 Å². The van der Waals surface area contributed by atoms with Crippen LogP contribution in [0.5, 0.6) is 0 Å². The van der Waals surface area contributed by atoms with Crippen LogP contribution < -0.4 is 0 Å². The molecule has 0 N–H and O–H groups in total. The summed E-state index contributed by atoms with van der Waals surface area (Å²) in [5, 5.41) is 0. The molecule has 1 unspecified atom stereocenters. The van der Waals surface area contributed by atoms with Gasteiger partial charge in [-0.1, -0.05) is 24.1 Å². The maximum absolute atomic E-state index is 13.2. The predicted molar refractivity (Wildman–Crippen MR) is 115 cm³/mol. The summed E-state index contributed by atoms with van der Waals surface area (Å²) >= 11 is 0. The molecule has 0 aromatic heterocycles. The largest absolute Gasteiger partial charge is 0.337 e. The number of hydrogen-bond donors (Lipinski definition) is 0. The van der Waals surface area contributed by atoms with Gasteiger partial charge in [-0.3, -0.25) is 9.59 Å². The zero-order chi connectivity index (χ0) is 20.2. The van der Waals surface area contributed by atoms with Gasteiger partial charge in [0.25, 0.3) is 5.91 Å². The molecule has 1 aliphatic carbocycles. The van der Waals surface area contributed by atoms with Crippen LogP contribution >= 0.6 is 0 Å². The lowest BCUT2D eigenvalue weighted by molar-refractivity contribution is -0.141. The van der Waals surface area contributed by atoms with Crippen molar-refractivity contribution in [3.05, 3.63) is 35.4 Å². The summed E-state index contributed by atoms with van der Waals surface area (Å²) in [7, 11) is 0. The standard InChI is InChI=1S/C24H35N3O2/c1-19-7-4-10-21(17-19)23(28)26-14-6-11-22(18-26)27(24(29)20-8-5-9-20)16-15-25-12-2-3-13-25/h4,7,10,17,20,22H,2-3,5-6,8-9,11-16,18H2,1H3. The minimum atomic E-state index is 0.106. The molecule has 5 heteroatoms. The van der Waals surface area contributed by atoms with Gasteiger partial charge in [-0.25, -0.2) is 0 Å². The summed E-state index contributed by atoms with van der Waals surface area (Å²) < 4.78 is 0. The first kappa shape index (κ1) is 20.4. The number of carbonyl (C=O) groups excluding carboxylic acids is 2. The average Bonchev–Trinajstić information content (AvgIpc) is 3.20. The van der Waals surface area contributed by atoms with Gasteiger partial charge in [-0.15, -0.1) is 0 Å². The Kier molecular flexibility index (Phi) is 6.53. The SMILES string of the molecule is Cc1cccc(C(=O)N2CCCC(N(CCN3CCCC3)C(=O)C3CCC3)C2)c1. The van der Waals surface area contributed by atoms with Crippen molar-refractivity contribution in [2.45, 2.75) is 57.9 Å². The molecular weight excluding hydrogens is 362 g/mol. The van der Waals surface area contributed by atoms with Crippen molar-refractivity contribution < 1.29 is 9.59 Å². The Morgan fingerprint density at radius 3 is 2.52 bits per heavy atom. The van der Waals surface area contributed by atoms with E-state index in [1.807, 2.05) is 36.1 Å². The summed E-state index contributed by atoms with van der Waals surface area (Å²) in [6.45, 7) is 7.59. The first-order valence-electron chi connectivity index (χ1n) is 11.5. The molecule has 29 heavy (non-hydrogen) atoms. The molecule has 2 aliphatic heterocycles. The van der Waals surface area contributed by atoms with Crippen LogP contribution in [-0.2, 0) is 4.79 Å². The summed E-state index contributed by atoms with van der Waals surface area (Å²) in [4.78, 5) is 32.9. The third kappa shape index (κ3) is 4.82. The number of likely N-dealkylation sites (tertiary alicyclic amines) is 2. The van der Waals surface area contributed by atoms with Crippen LogP contribution in [0.2, 0.25) is 0 Å². The third-order valence-corrected chi connectivity index (χ3v) is 6.98. The molecule has 1 aromatic rings. The third-order valence-electron chi connectivity index (χ3n) is 6.98. The minimum absolute atomic E-state index is 0.106. The number of piperidine rings is 1. The molecule has 0 spiro atoms. The van der Waals surface area contributed by atoms with Crippen molar-refractivity contribution in [1.82, 2.24) is 14.7 Å². The molecule has 1 aromatic carbocycles. The molecule has 2 amide bonds. The van der Waals surface area contributed by atoms with Crippen molar-refractivity contribution in [1.29, 1.82) is 0 Å². The van der Waals surface area contributed by atoms with E-state index < -0.39 is 0 Å². The lowest BCUT2D eigenvalue weighted by Crippen LogP contribution is -2.55. The van der Waals surface area contributed by atoms with Crippen LogP contribution in [0.3, 0.4) is 0 Å².